The second-order valence-corrected chi connectivity index (χ2v) is 6.79. The average molecular weight is 240 g/mol. The Morgan fingerprint density at radius 3 is 2.50 bits per heavy atom. The number of rotatable bonds is 6. The third-order valence-electron chi connectivity index (χ3n) is 3.62. The summed E-state index contributed by atoms with van der Waals surface area (Å²) in [7, 11) is 0. The Bertz CT molecular complexity index is 249. The zero-order valence-electron chi connectivity index (χ0n) is 10.8. The minimum absolute atomic E-state index is 0.185. The Balaban J connectivity index is 2.22. The quantitative estimate of drug-likeness (QED) is 0.724. The van der Waals surface area contributed by atoms with Gasteiger partial charge in [-0.15, -0.1) is 0 Å². The minimum atomic E-state index is -0.185. The fourth-order valence-electron chi connectivity index (χ4n) is 2.25. The van der Waals surface area contributed by atoms with Gasteiger partial charge in [-0.1, -0.05) is 12.8 Å². The van der Waals surface area contributed by atoms with Crippen LogP contribution in [0, 0.1) is 16.7 Å². The normalized spacial score (nSPS) is 19.6. The molecule has 0 aromatic rings. The van der Waals surface area contributed by atoms with E-state index >= 15 is 0 Å². The molecule has 0 heterocycles. The van der Waals surface area contributed by atoms with Crippen molar-refractivity contribution >= 4 is 11.8 Å². The van der Waals surface area contributed by atoms with Crippen LogP contribution < -0.4 is 5.32 Å². The van der Waals surface area contributed by atoms with Crippen molar-refractivity contribution in [2.24, 2.45) is 5.41 Å². The maximum Gasteiger partial charge on any atom is 0.0684 e. The molecule has 1 N–H and O–H groups in total. The molecule has 0 saturated heterocycles. The summed E-state index contributed by atoms with van der Waals surface area (Å²) in [6.07, 6.45) is 8.63. The predicted molar refractivity (Wildman–Crippen MR) is 71.6 cm³/mol. The van der Waals surface area contributed by atoms with Gasteiger partial charge >= 0.3 is 0 Å². The Morgan fingerprint density at radius 1 is 1.38 bits per heavy atom. The topological polar surface area (TPSA) is 35.8 Å². The molecule has 1 fully saturated rings. The van der Waals surface area contributed by atoms with E-state index < -0.39 is 0 Å². The zero-order chi connectivity index (χ0) is 12.1. The Labute approximate surface area is 104 Å². The molecule has 0 aromatic heterocycles. The molecule has 16 heavy (non-hydrogen) atoms. The van der Waals surface area contributed by atoms with Gasteiger partial charge in [0.1, 0.15) is 0 Å². The number of thioether (sulfide) groups is 1. The third kappa shape index (κ3) is 3.99. The molecule has 92 valence electrons. The van der Waals surface area contributed by atoms with Gasteiger partial charge in [-0.25, -0.2) is 0 Å². The van der Waals surface area contributed by atoms with Crippen LogP contribution in [0.2, 0.25) is 0 Å². The minimum Gasteiger partial charge on any atom is -0.315 e. The van der Waals surface area contributed by atoms with Crippen molar-refractivity contribution in [1.29, 1.82) is 5.26 Å². The smallest absolute Gasteiger partial charge is 0.0684 e. The molecule has 0 spiro atoms. The summed E-state index contributed by atoms with van der Waals surface area (Å²) in [4.78, 5) is 0. The van der Waals surface area contributed by atoms with Crippen LogP contribution in [0.3, 0.4) is 0 Å². The molecule has 0 bridgehead atoms. The lowest BCUT2D eigenvalue weighted by Crippen LogP contribution is -2.36. The van der Waals surface area contributed by atoms with E-state index in [0.717, 1.165) is 19.5 Å². The van der Waals surface area contributed by atoms with Crippen LogP contribution in [0.1, 0.15) is 46.0 Å². The summed E-state index contributed by atoms with van der Waals surface area (Å²) in [5.74, 6) is 0. The highest BCUT2D eigenvalue weighted by molar-refractivity contribution is 8.00. The van der Waals surface area contributed by atoms with Crippen LogP contribution in [0.25, 0.3) is 0 Å². The lowest BCUT2D eigenvalue weighted by atomic mass is 9.91. The van der Waals surface area contributed by atoms with Gasteiger partial charge < -0.3 is 5.32 Å². The SMILES string of the molecule is CSC1(CNCCC(C)(C)C#N)CCCC1. The van der Waals surface area contributed by atoms with E-state index in [9.17, 15) is 0 Å². The van der Waals surface area contributed by atoms with E-state index in [2.05, 4.69) is 17.6 Å². The van der Waals surface area contributed by atoms with Crippen molar-refractivity contribution in [2.45, 2.75) is 50.7 Å². The fraction of sp³-hybridized carbons (Fsp3) is 0.923. The number of nitrogens with one attached hydrogen (secondary N) is 1. The molecule has 1 saturated carbocycles. The van der Waals surface area contributed by atoms with Crippen molar-refractivity contribution < 1.29 is 0 Å². The highest BCUT2D eigenvalue weighted by atomic mass is 32.2. The predicted octanol–water partition coefficient (Wildman–Crippen LogP) is 3.19. The van der Waals surface area contributed by atoms with Gasteiger partial charge in [0.25, 0.3) is 0 Å². The van der Waals surface area contributed by atoms with E-state index in [1.54, 1.807) is 0 Å². The van der Waals surface area contributed by atoms with Gasteiger partial charge in [0.05, 0.1) is 11.5 Å². The summed E-state index contributed by atoms with van der Waals surface area (Å²) in [5, 5.41) is 12.5. The molecule has 0 atom stereocenters. The Hall–Kier alpha value is -0.200. The van der Waals surface area contributed by atoms with E-state index in [0.29, 0.717) is 4.75 Å². The van der Waals surface area contributed by atoms with Crippen LogP contribution in [0.4, 0.5) is 0 Å². The maximum absolute atomic E-state index is 8.92. The van der Waals surface area contributed by atoms with Crippen LogP contribution in [0.15, 0.2) is 0 Å². The highest BCUT2D eigenvalue weighted by Gasteiger charge is 2.32. The van der Waals surface area contributed by atoms with Crippen LogP contribution in [-0.2, 0) is 0 Å². The van der Waals surface area contributed by atoms with Crippen molar-refractivity contribution in [3.8, 4) is 6.07 Å². The first-order valence-electron chi connectivity index (χ1n) is 6.21. The molecule has 0 unspecified atom stereocenters. The number of hydrogen-bond acceptors (Lipinski definition) is 3. The maximum atomic E-state index is 8.92. The van der Waals surface area contributed by atoms with Crippen LogP contribution >= 0.6 is 11.8 Å². The molecular weight excluding hydrogens is 216 g/mol. The molecule has 0 radical (unpaired) electrons. The fourth-order valence-corrected chi connectivity index (χ4v) is 3.19. The molecule has 1 aliphatic rings. The summed E-state index contributed by atoms with van der Waals surface area (Å²) in [6, 6.07) is 2.35. The molecule has 0 aliphatic heterocycles. The zero-order valence-corrected chi connectivity index (χ0v) is 11.6. The van der Waals surface area contributed by atoms with Crippen molar-refractivity contribution in [3.63, 3.8) is 0 Å². The lowest BCUT2D eigenvalue weighted by molar-refractivity contribution is 0.420. The summed E-state index contributed by atoms with van der Waals surface area (Å²) < 4.78 is 0.483. The van der Waals surface area contributed by atoms with E-state index in [1.807, 2.05) is 25.6 Å². The summed E-state index contributed by atoms with van der Waals surface area (Å²) in [6.45, 7) is 6.09. The van der Waals surface area contributed by atoms with Gasteiger partial charge in [-0.05, 0) is 45.9 Å². The monoisotopic (exact) mass is 240 g/mol. The van der Waals surface area contributed by atoms with E-state index in [4.69, 9.17) is 5.26 Å². The number of nitriles is 1. The standard InChI is InChI=1S/C13H24N2S/c1-12(2,10-14)8-9-15-11-13(16-3)6-4-5-7-13/h15H,4-9,11H2,1-3H3. The molecule has 1 rings (SSSR count). The third-order valence-corrected chi connectivity index (χ3v) is 5.04. The molecule has 3 heteroatoms. The van der Waals surface area contributed by atoms with Gasteiger partial charge in [-0.2, -0.15) is 17.0 Å². The average Bonchev–Trinajstić information content (AvgIpc) is 2.74. The Kier molecular flexibility index (Phi) is 5.14. The first-order valence-corrected chi connectivity index (χ1v) is 7.43. The Morgan fingerprint density at radius 2 is 2.00 bits per heavy atom. The van der Waals surface area contributed by atoms with Gasteiger partial charge in [0, 0.05) is 11.3 Å². The van der Waals surface area contributed by atoms with Gasteiger partial charge in [-0.3, -0.25) is 0 Å². The van der Waals surface area contributed by atoms with E-state index in [1.165, 1.54) is 25.7 Å². The number of hydrogen-bond donors (Lipinski definition) is 1. The van der Waals surface area contributed by atoms with E-state index in [-0.39, 0.29) is 5.41 Å². The van der Waals surface area contributed by atoms with Crippen LogP contribution in [0.5, 0.6) is 0 Å². The van der Waals surface area contributed by atoms with Crippen molar-refractivity contribution in [1.82, 2.24) is 5.32 Å². The van der Waals surface area contributed by atoms with Crippen molar-refractivity contribution in [2.75, 3.05) is 19.3 Å². The summed E-state index contributed by atoms with van der Waals surface area (Å²) in [5.41, 5.74) is -0.185. The van der Waals surface area contributed by atoms with Gasteiger partial charge in [0.2, 0.25) is 0 Å². The molecule has 0 aromatic carbocycles. The largest absolute Gasteiger partial charge is 0.315 e. The summed E-state index contributed by atoms with van der Waals surface area (Å²) >= 11 is 2.02. The first kappa shape index (κ1) is 13.9. The molecule has 0 amide bonds. The number of nitrogens with zero attached hydrogens (tertiary/aromatic N) is 1. The highest BCUT2D eigenvalue weighted by Crippen LogP contribution is 2.39. The molecule has 1 aliphatic carbocycles. The second kappa shape index (κ2) is 5.93. The van der Waals surface area contributed by atoms with Crippen molar-refractivity contribution in [3.05, 3.63) is 0 Å². The first-order chi connectivity index (χ1) is 7.54. The molecule has 2 nitrogen and oxygen atoms in total. The van der Waals surface area contributed by atoms with Crippen LogP contribution in [-0.4, -0.2) is 24.1 Å². The van der Waals surface area contributed by atoms with Gasteiger partial charge in [0.15, 0.2) is 0 Å². The molecular formula is C13H24N2S. The second-order valence-electron chi connectivity index (χ2n) is 5.52. The lowest BCUT2D eigenvalue weighted by Gasteiger charge is -2.27.